The van der Waals surface area contributed by atoms with Gasteiger partial charge in [0, 0.05) is 5.69 Å². The highest BCUT2D eigenvalue weighted by Crippen LogP contribution is 2.19. The molecule has 0 radical (unpaired) electrons. The van der Waals surface area contributed by atoms with Gasteiger partial charge in [0.2, 0.25) is 5.91 Å². The lowest BCUT2D eigenvalue weighted by Gasteiger charge is -2.34. The summed E-state index contributed by atoms with van der Waals surface area (Å²) in [6.45, 7) is 4.30. The minimum absolute atomic E-state index is 0.0560. The highest BCUT2D eigenvalue weighted by atomic mass is 16.2. The lowest BCUT2D eigenvalue weighted by molar-refractivity contribution is -0.122. The molecule has 1 aliphatic heterocycles. The van der Waals surface area contributed by atoms with Gasteiger partial charge in [0.05, 0.1) is 6.04 Å². The van der Waals surface area contributed by atoms with Gasteiger partial charge in [-0.2, -0.15) is 0 Å². The highest BCUT2D eigenvalue weighted by molar-refractivity contribution is 5.94. The van der Waals surface area contributed by atoms with Gasteiger partial charge in [-0.25, -0.2) is 0 Å². The standard InChI is InChI=1S/C16H24N2O/c1-2-3-12-18-13-8-7-11-15(18)16(19)17-14-9-5-4-6-10-14/h4-6,9-10,15H,2-3,7-8,11-13H2,1H3,(H,17,19). The first-order chi connectivity index (χ1) is 9.31. The molecule has 1 fully saturated rings. The molecule has 0 aliphatic carbocycles. The predicted molar refractivity (Wildman–Crippen MR) is 79.2 cm³/mol. The van der Waals surface area contributed by atoms with E-state index in [0.29, 0.717) is 0 Å². The van der Waals surface area contributed by atoms with E-state index in [-0.39, 0.29) is 11.9 Å². The molecule has 0 bridgehead atoms. The molecule has 0 spiro atoms. The molecule has 1 unspecified atom stereocenters. The number of para-hydroxylation sites is 1. The summed E-state index contributed by atoms with van der Waals surface area (Å²) in [5, 5.41) is 3.04. The Morgan fingerprint density at radius 3 is 2.84 bits per heavy atom. The van der Waals surface area contributed by atoms with Crippen LogP contribution in [0.5, 0.6) is 0 Å². The Hall–Kier alpha value is -1.35. The third kappa shape index (κ3) is 4.06. The molecule has 19 heavy (non-hydrogen) atoms. The molecule has 1 aromatic rings. The number of unbranched alkanes of at least 4 members (excludes halogenated alkanes) is 1. The molecule has 0 aromatic heterocycles. The van der Waals surface area contributed by atoms with Crippen LogP contribution in [0.3, 0.4) is 0 Å². The van der Waals surface area contributed by atoms with Crippen molar-refractivity contribution >= 4 is 11.6 Å². The number of carbonyl (C=O) groups excluding carboxylic acids is 1. The lowest BCUT2D eigenvalue weighted by Crippen LogP contribution is -2.47. The van der Waals surface area contributed by atoms with Crippen molar-refractivity contribution in [2.75, 3.05) is 18.4 Å². The maximum Gasteiger partial charge on any atom is 0.241 e. The third-order valence-electron chi connectivity index (χ3n) is 3.76. The van der Waals surface area contributed by atoms with Gasteiger partial charge in [-0.1, -0.05) is 38.0 Å². The molecular weight excluding hydrogens is 236 g/mol. The summed E-state index contributed by atoms with van der Waals surface area (Å²) < 4.78 is 0. The Bertz CT molecular complexity index is 391. The van der Waals surface area contributed by atoms with Gasteiger partial charge in [0.1, 0.15) is 0 Å². The van der Waals surface area contributed by atoms with Gasteiger partial charge in [0.15, 0.2) is 0 Å². The fourth-order valence-corrected chi connectivity index (χ4v) is 2.66. The van der Waals surface area contributed by atoms with E-state index in [1.165, 1.54) is 19.3 Å². The second-order valence-corrected chi connectivity index (χ2v) is 5.26. The number of nitrogens with one attached hydrogen (secondary N) is 1. The van der Waals surface area contributed by atoms with E-state index >= 15 is 0 Å². The van der Waals surface area contributed by atoms with Crippen LogP contribution in [-0.4, -0.2) is 29.9 Å². The number of benzene rings is 1. The minimum atomic E-state index is 0.0560. The summed E-state index contributed by atoms with van der Waals surface area (Å²) in [6.07, 6.45) is 5.73. The van der Waals surface area contributed by atoms with Crippen molar-refractivity contribution in [1.29, 1.82) is 0 Å². The quantitative estimate of drug-likeness (QED) is 0.881. The number of rotatable bonds is 5. The number of likely N-dealkylation sites (tertiary alicyclic amines) is 1. The average Bonchev–Trinajstić information content (AvgIpc) is 2.46. The van der Waals surface area contributed by atoms with Crippen LogP contribution in [0.1, 0.15) is 39.0 Å². The fourth-order valence-electron chi connectivity index (χ4n) is 2.66. The van der Waals surface area contributed by atoms with Gasteiger partial charge in [-0.15, -0.1) is 0 Å². The lowest BCUT2D eigenvalue weighted by atomic mass is 10.0. The largest absolute Gasteiger partial charge is 0.325 e. The molecule has 3 heteroatoms. The van der Waals surface area contributed by atoms with Crippen LogP contribution >= 0.6 is 0 Å². The molecule has 1 heterocycles. The number of hydrogen-bond acceptors (Lipinski definition) is 2. The first-order valence-corrected chi connectivity index (χ1v) is 7.41. The van der Waals surface area contributed by atoms with Crippen LogP contribution in [0.25, 0.3) is 0 Å². The van der Waals surface area contributed by atoms with Crippen LogP contribution in [0, 0.1) is 0 Å². The number of anilines is 1. The van der Waals surface area contributed by atoms with Gasteiger partial charge < -0.3 is 5.32 Å². The summed E-state index contributed by atoms with van der Waals surface area (Å²) in [5.41, 5.74) is 0.897. The van der Waals surface area contributed by atoms with Crippen LogP contribution < -0.4 is 5.32 Å². The molecule has 0 saturated carbocycles. The molecule has 1 N–H and O–H groups in total. The molecule has 1 saturated heterocycles. The van der Waals surface area contributed by atoms with E-state index in [2.05, 4.69) is 17.1 Å². The molecule has 1 amide bonds. The summed E-state index contributed by atoms with van der Waals surface area (Å²) >= 11 is 0. The first kappa shape index (κ1) is 14.1. The number of amides is 1. The number of piperidine rings is 1. The average molecular weight is 260 g/mol. The number of hydrogen-bond donors (Lipinski definition) is 1. The maximum atomic E-state index is 12.4. The zero-order valence-electron chi connectivity index (χ0n) is 11.8. The summed E-state index contributed by atoms with van der Waals surface area (Å²) in [4.78, 5) is 14.7. The van der Waals surface area contributed by atoms with E-state index in [1.807, 2.05) is 30.3 Å². The monoisotopic (exact) mass is 260 g/mol. The van der Waals surface area contributed by atoms with Crippen LogP contribution in [0.4, 0.5) is 5.69 Å². The normalized spacial score (nSPS) is 20.2. The summed E-state index contributed by atoms with van der Waals surface area (Å²) in [5.74, 6) is 0.155. The Kier molecular flexibility index (Phi) is 5.40. The molecule has 1 aromatic carbocycles. The minimum Gasteiger partial charge on any atom is -0.325 e. The van der Waals surface area contributed by atoms with Gasteiger partial charge in [0.25, 0.3) is 0 Å². The predicted octanol–water partition coefficient (Wildman–Crippen LogP) is 3.28. The summed E-state index contributed by atoms with van der Waals surface area (Å²) in [7, 11) is 0. The van der Waals surface area contributed by atoms with E-state index in [1.54, 1.807) is 0 Å². The van der Waals surface area contributed by atoms with E-state index in [4.69, 9.17) is 0 Å². The third-order valence-corrected chi connectivity index (χ3v) is 3.76. The van der Waals surface area contributed by atoms with Crippen LogP contribution in [0.15, 0.2) is 30.3 Å². The fraction of sp³-hybridized carbons (Fsp3) is 0.562. The zero-order valence-corrected chi connectivity index (χ0v) is 11.8. The van der Waals surface area contributed by atoms with Crippen molar-refractivity contribution in [3.63, 3.8) is 0 Å². The second-order valence-electron chi connectivity index (χ2n) is 5.26. The van der Waals surface area contributed by atoms with Crippen molar-refractivity contribution in [1.82, 2.24) is 4.90 Å². The van der Waals surface area contributed by atoms with Gasteiger partial charge >= 0.3 is 0 Å². The smallest absolute Gasteiger partial charge is 0.241 e. The molecular formula is C16H24N2O. The Balaban J connectivity index is 1.95. The molecule has 1 aliphatic rings. The van der Waals surface area contributed by atoms with Crippen LogP contribution in [-0.2, 0) is 4.79 Å². The van der Waals surface area contributed by atoms with Crippen molar-refractivity contribution in [3.8, 4) is 0 Å². The molecule has 2 rings (SSSR count). The van der Waals surface area contributed by atoms with Crippen LogP contribution in [0.2, 0.25) is 0 Å². The van der Waals surface area contributed by atoms with Crippen molar-refractivity contribution in [3.05, 3.63) is 30.3 Å². The first-order valence-electron chi connectivity index (χ1n) is 7.41. The molecule has 1 atom stereocenters. The number of carbonyl (C=O) groups is 1. The number of nitrogens with zero attached hydrogens (tertiary/aromatic N) is 1. The Morgan fingerprint density at radius 2 is 2.11 bits per heavy atom. The van der Waals surface area contributed by atoms with Gasteiger partial charge in [-0.05, 0) is 44.5 Å². The Morgan fingerprint density at radius 1 is 1.32 bits per heavy atom. The molecule has 3 nitrogen and oxygen atoms in total. The van der Waals surface area contributed by atoms with E-state index in [0.717, 1.165) is 31.6 Å². The van der Waals surface area contributed by atoms with E-state index < -0.39 is 0 Å². The van der Waals surface area contributed by atoms with Gasteiger partial charge in [-0.3, -0.25) is 9.69 Å². The SMILES string of the molecule is CCCCN1CCCCC1C(=O)Nc1ccccc1. The topological polar surface area (TPSA) is 32.3 Å². The van der Waals surface area contributed by atoms with E-state index in [9.17, 15) is 4.79 Å². The zero-order chi connectivity index (χ0) is 13.5. The molecule has 104 valence electrons. The second kappa shape index (κ2) is 7.29. The Labute approximate surface area is 116 Å². The summed E-state index contributed by atoms with van der Waals surface area (Å²) in [6, 6.07) is 9.80. The van der Waals surface area contributed by atoms with Crippen molar-refractivity contribution < 1.29 is 4.79 Å². The highest BCUT2D eigenvalue weighted by Gasteiger charge is 2.27. The van der Waals surface area contributed by atoms with Crippen molar-refractivity contribution in [2.24, 2.45) is 0 Å². The van der Waals surface area contributed by atoms with Crippen molar-refractivity contribution in [2.45, 2.75) is 45.1 Å². The maximum absolute atomic E-state index is 12.4.